The molecule has 3 aliphatic rings. The fourth-order valence-electron chi connectivity index (χ4n) is 5.88. The number of carbonyl (C=O) groups is 2. The van der Waals surface area contributed by atoms with Crippen LogP contribution < -0.4 is 5.32 Å². The van der Waals surface area contributed by atoms with Crippen LogP contribution in [-0.2, 0) is 9.53 Å². The van der Waals surface area contributed by atoms with E-state index in [9.17, 15) is 14.7 Å². The van der Waals surface area contributed by atoms with E-state index in [1.54, 1.807) is 0 Å². The summed E-state index contributed by atoms with van der Waals surface area (Å²) in [5.74, 6) is -0.132. The number of alkyl carbamates (subject to hydrolysis) is 1. The Morgan fingerprint density at radius 2 is 1.69 bits per heavy atom. The van der Waals surface area contributed by atoms with E-state index in [4.69, 9.17) is 4.74 Å². The first kappa shape index (κ1) is 18.2. The van der Waals surface area contributed by atoms with Crippen LogP contribution in [0.5, 0.6) is 0 Å². The van der Waals surface area contributed by atoms with Crippen LogP contribution in [0.3, 0.4) is 0 Å². The van der Waals surface area contributed by atoms with Gasteiger partial charge < -0.3 is 15.2 Å². The Labute approximate surface area is 170 Å². The van der Waals surface area contributed by atoms with Crippen molar-refractivity contribution in [1.82, 2.24) is 5.32 Å². The van der Waals surface area contributed by atoms with Crippen LogP contribution in [0.15, 0.2) is 48.5 Å². The summed E-state index contributed by atoms with van der Waals surface area (Å²) >= 11 is 0. The molecule has 2 fully saturated rings. The van der Waals surface area contributed by atoms with Crippen molar-refractivity contribution in [2.24, 2.45) is 17.3 Å². The number of hydrogen-bond acceptors (Lipinski definition) is 3. The molecule has 1 amide bonds. The molecule has 5 heteroatoms. The molecule has 29 heavy (non-hydrogen) atoms. The van der Waals surface area contributed by atoms with Gasteiger partial charge in [0.2, 0.25) is 0 Å². The lowest BCUT2D eigenvalue weighted by atomic mass is 9.73. The molecular weight excluding hydrogens is 366 g/mol. The van der Waals surface area contributed by atoms with Gasteiger partial charge in [0.05, 0.1) is 5.41 Å². The number of rotatable bonds is 5. The highest BCUT2D eigenvalue weighted by Crippen LogP contribution is 2.55. The lowest BCUT2D eigenvalue weighted by Gasteiger charge is -2.33. The molecule has 150 valence electrons. The van der Waals surface area contributed by atoms with Gasteiger partial charge in [0.1, 0.15) is 6.61 Å². The molecule has 2 bridgehead atoms. The fraction of sp³-hybridized carbons (Fsp3) is 0.417. The summed E-state index contributed by atoms with van der Waals surface area (Å²) in [5, 5.41) is 12.6. The standard InChI is InChI=1S/C24H25NO4/c26-22(27)24(12-15-9-10-16(24)11-15)14-25-23(28)29-13-21-19-7-3-1-5-17(19)18-6-2-4-8-20(18)21/h1-8,15-16,21H,9-14H2,(H,25,28)(H,26,27). The molecule has 2 aromatic carbocycles. The molecule has 2 N–H and O–H groups in total. The summed E-state index contributed by atoms with van der Waals surface area (Å²) in [6, 6.07) is 16.4. The third kappa shape index (κ3) is 2.91. The molecule has 5 rings (SSSR count). The Hall–Kier alpha value is -2.82. The van der Waals surface area contributed by atoms with Gasteiger partial charge in [-0.3, -0.25) is 4.79 Å². The van der Waals surface area contributed by atoms with Gasteiger partial charge >= 0.3 is 12.1 Å². The monoisotopic (exact) mass is 391 g/mol. The summed E-state index contributed by atoms with van der Waals surface area (Å²) in [6.45, 7) is 0.395. The van der Waals surface area contributed by atoms with E-state index in [1.165, 1.54) is 11.1 Å². The molecule has 3 aliphatic carbocycles. The number of amides is 1. The van der Waals surface area contributed by atoms with Gasteiger partial charge in [-0.25, -0.2) is 4.79 Å². The van der Waals surface area contributed by atoms with E-state index in [2.05, 4.69) is 29.6 Å². The van der Waals surface area contributed by atoms with E-state index in [0.29, 0.717) is 12.3 Å². The molecule has 2 aromatic rings. The molecule has 0 heterocycles. The van der Waals surface area contributed by atoms with Gasteiger partial charge in [0.25, 0.3) is 0 Å². The minimum absolute atomic E-state index is 0.00378. The van der Waals surface area contributed by atoms with Gasteiger partial charge in [-0.2, -0.15) is 0 Å². The molecule has 0 aliphatic heterocycles. The Morgan fingerprint density at radius 3 is 2.24 bits per heavy atom. The van der Waals surface area contributed by atoms with Gasteiger partial charge in [-0.05, 0) is 53.4 Å². The molecule has 0 radical (unpaired) electrons. The average molecular weight is 391 g/mol. The predicted molar refractivity (Wildman–Crippen MR) is 109 cm³/mol. The summed E-state index contributed by atoms with van der Waals surface area (Å²) in [7, 11) is 0. The van der Waals surface area contributed by atoms with E-state index < -0.39 is 17.5 Å². The Morgan fingerprint density at radius 1 is 1.03 bits per heavy atom. The van der Waals surface area contributed by atoms with Gasteiger partial charge in [-0.15, -0.1) is 0 Å². The zero-order valence-corrected chi connectivity index (χ0v) is 16.3. The molecular formula is C24H25NO4. The maximum atomic E-state index is 12.4. The van der Waals surface area contributed by atoms with Gasteiger partial charge in [0, 0.05) is 12.5 Å². The second-order valence-corrected chi connectivity index (χ2v) is 8.72. The molecule has 3 unspecified atom stereocenters. The summed E-state index contributed by atoms with van der Waals surface area (Å²) < 4.78 is 5.56. The molecule has 0 saturated heterocycles. The van der Waals surface area contributed by atoms with E-state index >= 15 is 0 Å². The van der Waals surface area contributed by atoms with Crippen LogP contribution in [0.25, 0.3) is 11.1 Å². The molecule has 0 spiro atoms. The maximum absolute atomic E-state index is 12.4. The normalized spacial score (nSPS) is 26.8. The highest BCUT2D eigenvalue weighted by Gasteiger charge is 2.55. The van der Waals surface area contributed by atoms with Crippen LogP contribution in [0.2, 0.25) is 0 Å². The topological polar surface area (TPSA) is 75.6 Å². The average Bonchev–Trinajstić information content (AvgIpc) is 3.43. The third-order valence-electron chi connectivity index (χ3n) is 7.29. The number of carboxylic acids is 1. The fourth-order valence-corrected chi connectivity index (χ4v) is 5.88. The van der Waals surface area contributed by atoms with Crippen molar-refractivity contribution in [2.45, 2.75) is 31.6 Å². The first-order valence-corrected chi connectivity index (χ1v) is 10.4. The number of carboxylic acid groups (broad SMARTS) is 1. The number of carbonyl (C=O) groups excluding carboxylic acids is 1. The van der Waals surface area contributed by atoms with Crippen LogP contribution in [0.4, 0.5) is 4.79 Å². The molecule has 5 nitrogen and oxygen atoms in total. The SMILES string of the molecule is O=C(NCC1(C(=O)O)CC2CCC1C2)OCC1c2ccccc2-c2ccccc21. The second-order valence-electron chi connectivity index (χ2n) is 8.72. The van der Waals surface area contributed by atoms with Crippen molar-refractivity contribution in [2.75, 3.05) is 13.2 Å². The summed E-state index contributed by atoms with van der Waals surface area (Å²) in [6.07, 6.45) is 3.17. The Balaban J connectivity index is 1.25. The van der Waals surface area contributed by atoms with Gasteiger partial charge in [0.15, 0.2) is 0 Å². The Kier molecular flexibility index (Phi) is 4.34. The van der Waals surface area contributed by atoms with Gasteiger partial charge in [-0.1, -0.05) is 55.0 Å². The number of hydrogen-bond donors (Lipinski definition) is 2. The van der Waals surface area contributed by atoms with Crippen LogP contribution in [0, 0.1) is 17.3 Å². The van der Waals surface area contributed by atoms with Crippen LogP contribution in [0.1, 0.15) is 42.7 Å². The maximum Gasteiger partial charge on any atom is 0.407 e. The molecule has 2 saturated carbocycles. The first-order chi connectivity index (χ1) is 14.1. The number of aliphatic carboxylic acids is 1. The van der Waals surface area contributed by atoms with Crippen LogP contribution >= 0.6 is 0 Å². The Bertz CT molecular complexity index is 925. The number of fused-ring (bicyclic) bond motifs is 5. The lowest BCUT2D eigenvalue weighted by Crippen LogP contribution is -2.46. The minimum atomic E-state index is -0.825. The summed E-state index contributed by atoms with van der Waals surface area (Å²) in [5.41, 5.74) is 3.87. The largest absolute Gasteiger partial charge is 0.481 e. The first-order valence-electron chi connectivity index (χ1n) is 10.4. The zero-order valence-electron chi connectivity index (χ0n) is 16.3. The van der Waals surface area contributed by atoms with E-state index in [0.717, 1.165) is 30.4 Å². The van der Waals surface area contributed by atoms with E-state index in [-0.39, 0.29) is 25.0 Å². The smallest absolute Gasteiger partial charge is 0.407 e. The van der Waals surface area contributed by atoms with Crippen molar-refractivity contribution in [3.05, 3.63) is 59.7 Å². The third-order valence-corrected chi connectivity index (χ3v) is 7.29. The molecule has 0 aromatic heterocycles. The van der Waals surface area contributed by atoms with Crippen molar-refractivity contribution in [3.63, 3.8) is 0 Å². The lowest BCUT2D eigenvalue weighted by molar-refractivity contribution is -0.152. The minimum Gasteiger partial charge on any atom is -0.481 e. The van der Waals surface area contributed by atoms with Crippen molar-refractivity contribution in [1.29, 1.82) is 0 Å². The number of ether oxygens (including phenoxy) is 1. The van der Waals surface area contributed by atoms with Crippen molar-refractivity contribution in [3.8, 4) is 11.1 Å². The number of benzene rings is 2. The van der Waals surface area contributed by atoms with Crippen molar-refractivity contribution >= 4 is 12.1 Å². The van der Waals surface area contributed by atoms with Crippen LogP contribution in [-0.4, -0.2) is 30.3 Å². The van der Waals surface area contributed by atoms with Crippen molar-refractivity contribution < 1.29 is 19.4 Å². The molecule has 3 atom stereocenters. The quantitative estimate of drug-likeness (QED) is 0.791. The zero-order chi connectivity index (χ0) is 20.0. The highest BCUT2D eigenvalue weighted by atomic mass is 16.5. The highest BCUT2D eigenvalue weighted by molar-refractivity contribution is 5.79. The number of nitrogens with one attached hydrogen (secondary N) is 1. The second kappa shape index (κ2) is 6.90. The summed E-state index contributed by atoms with van der Waals surface area (Å²) in [4.78, 5) is 24.4. The predicted octanol–water partition coefficient (Wildman–Crippen LogP) is 4.42. The van der Waals surface area contributed by atoms with E-state index in [1.807, 2.05) is 24.3 Å².